The molecule has 1 aromatic heterocycles. The SMILES string of the molecule is CSc1ccc(CN(C)C(=O)CSc2n[nH]c(-c3ccc(C)cc3)n2)cc1. The molecule has 2 aromatic carbocycles. The van der Waals surface area contributed by atoms with Crippen LogP contribution >= 0.6 is 23.5 Å². The highest BCUT2D eigenvalue weighted by atomic mass is 32.2. The molecule has 0 aliphatic heterocycles. The number of aromatic amines is 1. The number of hydrogen-bond acceptors (Lipinski definition) is 5. The van der Waals surface area contributed by atoms with E-state index in [9.17, 15) is 4.79 Å². The van der Waals surface area contributed by atoms with Crippen molar-refractivity contribution in [2.75, 3.05) is 19.1 Å². The summed E-state index contributed by atoms with van der Waals surface area (Å²) in [7, 11) is 1.82. The Kier molecular flexibility index (Phi) is 6.58. The zero-order valence-corrected chi connectivity index (χ0v) is 17.2. The molecule has 3 rings (SSSR count). The molecule has 1 N–H and O–H groups in total. The van der Waals surface area contributed by atoms with E-state index in [0.717, 1.165) is 11.1 Å². The summed E-state index contributed by atoms with van der Waals surface area (Å²) in [5.41, 5.74) is 3.30. The van der Waals surface area contributed by atoms with Crippen LogP contribution in [0.15, 0.2) is 58.6 Å². The zero-order valence-electron chi connectivity index (χ0n) is 15.6. The number of thioether (sulfide) groups is 2. The van der Waals surface area contributed by atoms with Crippen molar-refractivity contribution < 1.29 is 4.79 Å². The Balaban J connectivity index is 1.53. The highest BCUT2D eigenvalue weighted by Crippen LogP contribution is 2.20. The van der Waals surface area contributed by atoms with Gasteiger partial charge in [-0.1, -0.05) is 53.7 Å². The van der Waals surface area contributed by atoms with Crippen LogP contribution in [-0.4, -0.2) is 45.0 Å². The Morgan fingerprint density at radius 1 is 1.11 bits per heavy atom. The van der Waals surface area contributed by atoms with Gasteiger partial charge in [0.2, 0.25) is 11.1 Å². The van der Waals surface area contributed by atoms with Gasteiger partial charge in [-0.25, -0.2) is 4.98 Å². The lowest BCUT2D eigenvalue weighted by atomic mass is 10.1. The topological polar surface area (TPSA) is 61.9 Å². The van der Waals surface area contributed by atoms with Crippen molar-refractivity contribution in [1.82, 2.24) is 20.1 Å². The van der Waals surface area contributed by atoms with Crippen molar-refractivity contribution >= 4 is 29.4 Å². The van der Waals surface area contributed by atoms with E-state index in [1.165, 1.54) is 22.2 Å². The minimum Gasteiger partial charge on any atom is -0.341 e. The molecule has 0 radical (unpaired) electrons. The molecule has 140 valence electrons. The second kappa shape index (κ2) is 9.10. The molecular weight excluding hydrogens is 376 g/mol. The van der Waals surface area contributed by atoms with Crippen LogP contribution in [0.1, 0.15) is 11.1 Å². The maximum atomic E-state index is 12.4. The summed E-state index contributed by atoms with van der Waals surface area (Å²) >= 11 is 3.05. The van der Waals surface area contributed by atoms with Gasteiger partial charge >= 0.3 is 0 Å². The second-order valence-electron chi connectivity index (χ2n) is 6.22. The zero-order chi connectivity index (χ0) is 19.2. The van der Waals surface area contributed by atoms with Crippen molar-refractivity contribution in [3.63, 3.8) is 0 Å². The molecule has 0 saturated heterocycles. The Morgan fingerprint density at radius 2 is 1.81 bits per heavy atom. The largest absolute Gasteiger partial charge is 0.341 e. The fourth-order valence-corrected chi connectivity index (χ4v) is 3.63. The van der Waals surface area contributed by atoms with Gasteiger partial charge in [0.25, 0.3) is 0 Å². The van der Waals surface area contributed by atoms with Gasteiger partial charge < -0.3 is 4.90 Å². The van der Waals surface area contributed by atoms with E-state index in [4.69, 9.17) is 0 Å². The molecule has 3 aromatic rings. The Labute approximate surface area is 168 Å². The van der Waals surface area contributed by atoms with Crippen LogP contribution in [-0.2, 0) is 11.3 Å². The molecular formula is C20H22N4OS2. The average molecular weight is 399 g/mol. The quantitative estimate of drug-likeness (QED) is 0.603. The number of aromatic nitrogens is 3. The molecule has 0 spiro atoms. The molecule has 0 unspecified atom stereocenters. The van der Waals surface area contributed by atoms with Crippen LogP contribution in [0.2, 0.25) is 0 Å². The number of amides is 1. The van der Waals surface area contributed by atoms with Crippen molar-refractivity contribution in [2.24, 2.45) is 0 Å². The number of H-pyrrole nitrogens is 1. The number of carbonyl (C=O) groups is 1. The van der Waals surface area contributed by atoms with E-state index >= 15 is 0 Å². The van der Waals surface area contributed by atoms with Crippen molar-refractivity contribution in [3.05, 3.63) is 59.7 Å². The number of benzene rings is 2. The minimum absolute atomic E-state index is 0.0515. The van der Waals surface area contributed by atoms with E-state index < -0.39 is 0 Å². The van der Waals surface area contributed by atoms with Gasteiger partial charge in [-0.3, -0.25) is 9.89 Å². The number of aryl methyl sites for hydroxylation is 1. The second-order valence-corrected chi connectivity index (χ2v) is 8.04. The molecule has 0 saturated carbocycles. The van der Waals surface area contributed by atoms with Crippen LogP contribution in [0, 0.1) is 6.92 Å². The lowest BCUT2D eigenvalue weighted by molar-refractivity contribution is -0.127. The fraction of sp³-hybridized carbons (Fsp3) is 0.250. The number of carbonyl (C=O) groups excluding carboxylic acids is 1. The predicted molar refractivity (Wildman–Crippen MR) is 112 cm³/mol. The third kappa shape index (κ3) is 5.37. The van der Waals surface area contributed by atoms with Gasteiger partial charge in [0.05, 0.1) is 5.75 Å². The van der Waals surface area contributed by atoms with Gasteiger partial charge in [-0.15, -0.1) is 16.9 Å². The molecule has 0 atom stereocenters. The van der Waals surface area contributed by atoms with Gasteiger partial charge in [-0.05, 0) is 30.9 Å². The normalized spacial score (nSPS) is 10.8. The smallest absolute Gasteiger partial charge is 0.233 e. The van der Waals surface area contributed by atoms with Crippen LogP contribution in [0.4, 0.5) is 0 Å². The summed E-state index contributed by atoms with van der Waals surface area (Å²) < 4.78 is 0. The van der Waals surface area contributed by atoms with Crippen LogP contribution in [0.5, 0.6) is 0 Å². The summed E-state index contributed by atoms with van der Waals surface area (Å²) in [6.07, 6.45) is 2.05. The van der Waals surface area contributed by atoms with Crippen LogP contribution < -0.4 is 0 Å². The summed E-state index contributed by atoms with van der Waals surface area (Å²) in [5.74, 6) is 1.08. The molecule has 7 heteroatoms. The van der Waals surface area contributed by atoms with E-state index in [2.05, 4.69) is 45.7 Å². The molecule has 0 aliphatic rings. The standard InChI is InChI=1S/C20H22N4OS2/c1-14-4-8-16(9-5-14)19-21-20(23-22-19)27-13-18(25)24(2)12-15-6-10-17(26-3)11-7-15/h4-11H,12-13H2,1-3H3,(H,21,22,23). The lowest BCUT2D eigenvalue weighted by Crippen LogP contribution is -2.27. The summed E-state index contributed by atoms with van der Waals surface area (Å²) in [4.78, 5) is 19.8. The number of rotatable bonds is 7. The van der Waals surface area contributed by atoms with E-state index in [0.29, 0.717) is 23.3 Å². The molecule has 0 bridgehead atoms. The van der Waals surface area contributed by atoms with Gasteiger partial charge in [0, 0.05) is 24.1 Å². The number of hydrogen-bond donors (Lipinski definition) is 1. The van der Waals surface area contributed by atoms with Gasteiger partial charge in [0.15, 0.2) is 5.82 Å². The molecule has 27 heavy (non-hydrogen) atoms. The number of nitrogens with one attached hydrogen (secondary N) is 1. The Hall–Kier alpha value is -2.25. The highest BCUT2D eigenvalue weighted by molar-refractivity contribution is 7.99. The molecule has 0 aliphatic carbocycles. The maximum Gasteiger partial charge on any atom is 0.233 e. The first kappa shape index (κ1) is 19.5. The average Bonchev–Trinajstić information content (AvgIpc) is 3.16. The summed E-state index contributed by atoms with van der Waals surface area (Å²) in [6, 6.07) is 16.4. The fourth-order valence-electron chi connectivity index (χ4n) is 2.48. The van der Waals surface area contributed by atoms with Crippen molar-refractivity contribution in [2.45, 2.75) is 23.5 Å². The van der Waals surface area contributed by atoms with Crippen LogP contribution in [0.25, 0.3) is 11.4 Å². The van der Waals surface area contributed by atoms with Gasteiger partial charge in [0.1, 0.15) is 0 Å². The third-order valence-electron chi connectivity index (χ3n) is 4.12. The molecule has 1 amide bonds. The Bertz CT molecular complexity index is 891. The van der Waals surface area contributed by atoms with E-state index in [-0.39, 0.29) is 5.91 Å². The first-order chi connectivity index (χ1) is 13.0. The highest BCUT2D eigenvalue weighted by Gasteiger charge is 2.13. The first-order valence-electron chi connectivity index (χ1n) is 8.54. The summed E-state index contributed by atoms with van der Waals surface area (Å²) in [5, 5.41) is 7.72. The molecule has 0 fully saturated rings. The molecule has 1 heterocycles. The van der Waals surface area contributed by atoms with E-state index in [1.807, 2.05) is 38.2 Å². The maximum absolute atomic E-state index is 12.4. The third-order valence-corrected chi connectivity index (χ3v) is 5.69. The first-order valence-corrected chi connectivity index (χ1v) is 10.8. The van der Waals surface area contributed by atoms with Crippen molar-refractivity contribution in [1.29, 1.82) is 0 Å². The minimum atomic E-state index is 0.0515. The van der Waals surface area contributed by atoms with Gasteiger partial charge in [-0.2, -0.15) is 0 Å². The van der Waals surface area contributed by atoms with Crippen molar-refractivity contribution in [3.8, 4) is 11.4 Å². The summed E-state index contributed by atoms with van der Waals surface area (Å²) in [6.45, 7) is 2.64. The monoisotopic (exact) mass is 398 g/mol. The number of nitrogens with zero attached hydrogens (tertiary/aromatic N) is 3. The van der Waals surface area contributed by atoms with Crippen LogP contribution in [0.3, 0.4) is 0 Å². The lowest BCUT2D eigenvalue weighted by Gasteiger charge is -2.16. The molecule has 5 nitrogen and oxygen atoms in total. The predicted octanol–water partition coefficient (Wildman–Crippen LogP) is 4.25. The van der Waals surface area contributed by atoms with E-state index in [1.54, 1.807) is 16.7 Å². The Morgan fingerprint density at radius 3 is 2.48 bits per heavy atom.